The molecule has 19 heavy (non-hydrogen) atoms. The highest BCUT2D eigenvalue weighted by Crippen LogP contribution is 2.18. The van der Waals surface area contributed by atoms with Gasteiger partial charge in [0.15, 0.2) is 0 Å². The lowest BCUT2D eigenvalue weighted by Crippen LogP contribution is -2.37. The Hall–Kier alpha value is -0.870. The van der Waals surface area contributed by atoms with E-state index >= 15 is 0 Å². The van der Waals surface area contributed by atoms with E-state index in [4.69, 9.17) is 0 Å². The van der Waals surface area contributed by atoms with Crippen LogP contribution in [0, 0.1) is 5.92 Å². The van der Waals surface area contributed by atoms with Crippen molar-refractivity contribution in [2.45, 2.75) is 12.8 Å². The van der Waals surface area contributed by atoms with Crippen LogP contribution in [0.4, 0.5) is 0 Å². The molecule has 0 unspecified atom stereocenters. The third-order valence-corrected chi connectivity index (χ3v) is 4.28. The van der Waals surface area contributed by atoms with Crippen molar-refractivity contribution in [1.82, 2.24) is 9.80 Å². The fraction of sp³-hybridized carbons (Fsp3) is 0.533. The van der Waals surface area contributed by atoms with Crippen LogP contribution in [0.3, 0.4) is 0 Å². The molecule has 1 aliphatic rings. The summed E-state index contributed by atoms with van der Waals surface area (Å²) < 4.78 is 0.950. The highest BCUT2D eigenvalue weighted by Gasteiger charge is 2.20. The van der Waals surface area contributed by atoms with Crippen molar-refractivity contribution in [2.75, 3.05) is 33.7 Å². The molecule has 2 rings (SSSR count). The third kappa shape index (κ3) is 4.05. The van der Waals surface area contributed by atoms with Crippen LogP contribution in [0.2, 0.25) is 0 Å². The Bertz CT molecular complexity index is 442. The first-order valence-electron chi connectivity index (χ1n) is 6.76. The summed E-state index contributed by atoms with van der Waals surface area (Å²) in [7, 11) is 4.06. The molecule has 0 saturated carbocycles. The average Bonchev–Trinajstić information content (AvgIpc) is 2.40. The summed E-state index contributed by atoms with van der Waals surface area (Å²) in [5, 5.41) is 0. The van der Waals surface area contributed by atoms with Gasteiger partial charge in [0.25, 0.3) is 5.91 Å². The van der Waals surface area contributed by atoms with Crippen molar-refractivity contribution in [3.8, 4) is 0 Å². The zero-order chi connectivity index (χ0) is 13.8. The summed E-state index contributed by atoms with van der Waals surface area (Å²) in [6, 6.07) is 7.60. The lowest BCUT2D eigenvalue weighted by atomic mass is 9.96. The summed E-state index contributed by atoms with van der Waals surface area (Å²) in [5.74, 6) is 0.748. The molecule has 1 fully saturated rings. The third-order valence-electron chi connectivity index (χ3n) is 3.79. The van der Waals surface area contributed by atoms with Crippen LogP contribution in [0.15, 0.2) is 28.7 Å². The Labute approximate surface area is 123 Å². The second-order valence-electron chi connectivity index (χ2n) is 5.44. The Morgan fingerprint density at radius 2 is 2.11 bits per heavy atom. The molecule has 3 nitrogen and oxygen atoms in total. The van der Waals surface area contributed by atoms with E-state index < -0.39 is 0 Å². The normalized spacial score (nSPS) is 17.4. The van der Waals surface area contributed by atoms with Gasteiger partial charge in [0.2, 0.25) is 0 Å². The Balaban J connectivity index is 1.92. The van der Waals surface area contributed by atoms with Gasteiger partial charge in [-0.05, 0) is 57.1 Å². The van der Waals surface area contributed by atoms with E-state index in [1.807, 2.05) is 36.2 Å². The predicted molar refractivity (Wildman–Crippen MR) is 81.3 cm³/mol. The van der Waals surface area contributed by atoms with Gasteiger partial charge in [0, 0.05) is 23.6 Å². The van der Waals surface area contributed by atoms with E-state index in [1.165, 1.54) is 12.8 Å². The summed E-state index contributed by atoms with van der Waals surface area (Å²) >= 11 is 3.41. The van der Waals surface area contributed by atoms with Gasteiger partial charge in [-0.1, -0.05) is 22.0 Å². The van der Waals surface area contributed by atoms with Gasteiger partial charge < -0.3 is 9.80 Å². The van der Waals surface area contributed by atoms with Crippen molar-refractivity contribution in [3.63, 3.8) is 0 Å². The minimum absolute atomic E-state index is 0.111. The van der Waals surface area contributed by atoms with Crippen molar-refractivity contribution in [1.29, 1.82) is 0 Å². The van der Waals surface area contributed by atoms with Crippen molar-refractivity contribution >= 4 is 21.8 Å². The first-order chi connectivity index (χ1) is 9.06. The van der Waals surface area contributed by atoms with Crippen molar-refractivity contribution < 1.29 is 4.79 Å². The summed E-state index contributed by atoms with van der Waals surface area (Å²) in [6.45, 7) is 3.15. The maximum Gasteiger partial charge on any atom is 0.253 e. The SMILES string of the molecule is CN1CCC(CN(C)C(=O)c2cccc(Br)c2)CC1. The first kappa shape index (κ1) is 14.5. The van der Waals surface area contributed by atoms with Crippen LogP contribution < -0.4 is 0 Å². The fourth-order valence-electron chi connectivity index (χ4n) is 2.56. The Morgan fingerprint density at radius 1 is 1.42 bits per heavy atom. The fourth-order valence-corrected chi connectivity index (χ4v) is 2.96. The highest BCUT2D eigenvalue weighted by atomic mass is 79.9. The first-order valence-corrected chi connectivity index (χ1v) is 7.55. The van der Waals surface area contributed by atoms with Crippen molar-refractivity contribution in [3.05, 3.63) is 34.3 Å². The monoisotopic (exact) mass is 324 g/mol. The molecule has 1 amide bonds. The number of benzene rings is 1. The number of likely N-dealkylation sites (tertiary alicyclic amines) is 1. The van der Waals surface area contributed by atoms with E-state index in [9.17, 15) is 4.79 Å². The van der Waals surface area contributed by atoms with Gasteiger partial charge in [-0.3, -0.25) is 4.79 Å². The molecule has 1 saturated heterocycles. The van der Waals surface area contributed by atoms with Gasteiger partial charge in [-0.25, -0.2) is 0 Å². The lowest BCUT2D eigenvalue weighted by Gasteiger charge is -2.31. The molecule has 0 aromatic heterocycles. The molecule has 0 atom stereocenters. The standard InChI is InChI=1S/C15H21BrN2O/c1-17-8-6-12(7-9-17)11-18(2)15(19)13-4-3-5-14(16)10-13/h3-5,10,12H,6-9,11H2,1-2H3. The van der Waals surface area contributed by atoms with Gasteiger partial charge in [0.1, 0.15) is 0 Å². The van der Waals surface area contributed by atoms with Gasteiger partial charge in [-0.15, -0.1) is 0 Å². The molecule has 104 valence electrons. The van der Waals surface area contributed by atoms with Gasteiger partial charge >= 0.3 is 0 Å². The van der Waals surface area contributed by atoms with Gasteiger partial charge in [-0.2, -0.15) is 0 Å². The minimum atomic E-state index is 0.111. The summed E-state index contributed by atoms with van der Waals surface area (Å²) in [4.78, 5) is 16.5. The number of carbonyl (C=O) groups is 1. The molecule has 1 aromatic carbocycles. The molecule has 0 radical (unpaired) electrons. The number of hydrogen-bond donors (Lipinski definition) is 0. The number of hydrogen-bond acceptors (Lipinski definition) is 2. The van der Waals surface area contributed by atoms with E-state index in [2.05, 4.69) is 27.9 Å². The van der Waals surface area contributed by atoms with Gasteiger partial charge in [0.05, 0.1) is 0 Å². The quantitative estimate of drug-likeness (QED) is 0.853. The summed E-state index contributed by atoms with van der Waals surface area (Å²) in [6.07, 6.45) is 2.37. The molecule has 0 aliphatic carbocycles. The number of piperidine rings is 1. The molecule has 1 heterocycles. The van der Waals surface area contributed by atoms with E-state index in [1.54, 1.807) is 0 Å². The van der Waals surface area contributed by atoms with Crippen LogP contribution in [0.5, 0.6) is 0 Å². The zero-order valence-electron chi connectivity index (χ0n) is 11.6. The molecule has 1 aromatic rings. The topological polar surface area (TPSA) is 23.6 Å². The number of halogens is 1. The predicted octanol–water partition coefficient (Wildman–Crippen LogP) is 2.86. The molecule has 0 bridgehead atoms. The summed E-state index contributed by atoms with van der Waals surface area (Å²) in [5.41, 5.74) is 0.754. The second kappa shape index (κ2) is 6.53. The number of amides is 1. The average molecular weight is 325 g/mol. The van der Waals surface area contributed by atoms with E-state index in [0.29, 0.717) is 5.92 Å². The number of carbonyl (C=O) groups excluding carboxylic acids is 1. The number of rotatable bonds is 3. The molecule has 0 N–H and O–H groups in total. The molecular formula is C15H21BrN2O. The van der Waals surface area contributed by atoms with E-state index in [-0.39, 0.29) is 5.91 Å². The molecular weight excluding hydrogens is 304 g/mol. The maximum absolute atomic E-state index is 12.3. The largest absolute Gasteiger partial charge is 0.341 e. The van der Waals surface area contributed by atoms with Crippen molar-refractivity contribution in [2.24, 2.45) is 5.92 Å². The molecule has 1 aliphatic heterocycles. The van der Waals surface area contributed by atoms with Crippen LogP contribution in [0.1, 0.15) is 23.2 Å². The van der Waals surface area contributed by atoms with Crippen LogP contribution in [0.25, 0.3) is 0 Å². The smallest absolute Gasteiger partial charge is 0.253 e. The van der Waals surface area contributed by atoms with Crippen LogP contribution in [-0.2, 0) is 0 Å². The second-order valence-corrected chi connectivity index (χ2v) is 6.36. The Morgan fingerprint density at radius 3 is 2.74 bits per heavy atom. The zero-order valence-corrected chi connectivity index (χ0v) is 13.2. The maximum atomic E-state index is 12.3. The van der Waals surface area contributed by atoms with Crippen LogP contribution >= 0.6 is 15.9 Å². The highest BCUT2D eigenvalue weighted by molar-refractivity contribution is 9.10. The molecule has 4 heteroatoms. The Kier molecular flexibility index (Phi) is 4.99. The number of nitrogens with zero attached hydrogens (tertiary/aromatic N) is 2. The molecule has 0 spiro atoms. The van der Waals surface area contributed by atoms with E-state index in [0.717, 1.165) is 29.7 Å². The lowest BCUT2D eigenvalue weighted by molar-refractivity contribution is 0.0747. The van der Waals surface area contributed by atoms with Crippen LogP contribution in [-0.4, -0.2) is 49.4 Å². The minimum Gasteiger partial charge on any atom is -0.341 e.